The largest absolute Gasteiger partial charge is 0.481 e. The fraction of sp³-hybridized carbons (Fsp3) is 0.722. The van der Waals surface area contributed by atoms with Crippen molar-refractivity contribution in [2.75, 3.05) is 0 Å². The molecule has 1 atom stereocenters. The van der Waals surface area contributed by atoms with Gasteiger partial charge >= 0.3 is 5.97 Å². The van der Waals surface area contributed by atoms with E-state index in [0.29, 0.717) is 0 Å². The molecule has 0 amide bonds. The van der Waals surface area contributed by atoms with Crippen LogP contribution in [0.3, 0.4) is 0 Å². The van der Waals surface area contributed by atoms with E-state index >= 15 is 0 Å². The molecule has 22 heavy (non-hydrogen) atoms. The number of rotatable bonds is 15. The molecule has 0 spiro atoms. The summed E-state index contributed by atoms with van der Waals surface area (Å²) in [7, 11) is 0. The fourth-order valence-electron chi connectivity index (χ4n) is 2.21. The Kier molecular flexibility index (Phi) is 15.4. The predicted octanol–water partition coefficient (Wildman–Crippen LogP) is 5.35. The molecule has 0 aromatic heterocycles. The molecule has 0 saturated heterocycles. The summed E-state index contributed by atoms with van der Waals surface area (Å²) in [6.07, 6.45) is 18.3. The molecule has 4 nitrogen and oxygen atoms in total. The molecule has 0 saturated carbocycles. The third-order valence-electron chi connectivity index (χ3n) is 3.56. The van der Waals surface area contributed by atoms with E-state index < -0.39 is 5.97 Å². The zero-order valence-electron chi connectivity index (χ0n) is 13.9. The van der Waals surface area contributed by atoms with Crippen molar-refractivity contribution < 1.29 is 20.0 Å². The van der Waals surface area contributed by atoms with E-state index in [1.807, 2.05) is 18.2 Å². The van der Waals surface area contributed by atoms with Gasteiger partial charge in [-0.05, 0) is 25.7 Å². The molecule has 4 heteroatoms. The van der Waals surface area contributed by atoms with E-state index in [1.54, 1.807) is 0 Å². The Morgan fingerprint density at radius 1 is 1.05 bits per heavy atom. The first-order valence-corrected chi connectivity index (χ1v) is 8.56. The standard InChI is InChI=1S/C18H32O4/c1-2-3-4-5-6-8-11-14-17(22-21)15-12-9-7-10-13-16-18(19)20/h6,8,11,14,17,21H,2-5,7,9-10,12-13,15-16H2,1H3,(H,19,20)/b8-6+,14-11+. The van der Waals surface area contributed by atoms with Crippen LogP contribution in [0.5, 0.6) is 0 Å². The van der Waals surface area contributed by atoms with E-state index in [-0.39, 0.29) is 12.5 Å². The second-order valence-corrected chi connectivity index (χ2v) is 5.65. The highest BCUT2D eigenvalue weighted by atomic mass is 17.1. The molecule has 0 rings (SSSR count). The molecule has 0 bridgehead atoms. The van der Waals surface area contributed by atoms with Crippen molar-refractivity contribution in [2.24, 2.45) is 0 Å². The van der Waals surface area contributed by atoms with Gasteiger partial charge in [-0.15, -0.1) is 0 Å². The first kappa shape index (κ1) is 20.9. The van der Waals surface area contributed by atoms with Crippen molar-refractivity contribution in [3.05, 3.63) is 24.3 Å². The lowest BCUT2D eigenvalue weighted by Gasteiger charge is -2.08. The summed E-state index contributed by atoms with van der Waals surface area (Å²) in [6.45, 7) is 2.19. The molecule has 1 unspecified atom stereocenters. The van der Waals surface area contributed by atoms with Gasteiger partial charge in [0, 0.05) is 6.42 Å². The summed E-state index contributed by atoms with van der Waals surface area (Å²) in [5, 5.41) is 17.4. The monoisotopic (exact) mass is 312 g/mol. The second kappa shape index (κ2) is 16.2. The van der Waals surface area contributed by atoms with Crippen LogP contribution in [0.4, 0.5) is 0 Å². The van der Waals surface area contributed by atoms with Crippen molar-refractivity contribution in [1.29, 1.82) is 0 Å². The van der Waals surface area contributed by atoms with E-state index in [2.05, 4.69) is 17.9 Å². The average Bonchev–Trinajstić information content (AvgIpc) is 2.50. The van der Waals surface area contributed by atoms with Gasteiger partial charge in [0.1, 0.15) is 6.10 Å². The maximum Gasteiger partial charge on any atom is 0.303 e. The summed E-state index contributed by atoms with van der Waals surface area (Å²) >= 11 is 0. The number of carboxylic acids is 1. The van der Waals surface area contributed by atoms with E-state index in [1.165, 1.54) is 19.3 Å². The van der Waals surface area contributed by atoms with Crippen LogP contribution < -0.4 is 0 Å². The lowest BCUT2D eigenvalue weighted by atomic mass is 10.1. The Morgan fingerprint density at radius 3 is 2.45 bits per heavy atom. The number of hydrogen-bond donors (Lipinski definition) is 2. The molecule has 0 fully saturated rings. The highest BCUT2D eigenvalue weighted by Crippen LogP contribution is 2.11. The van der Waals surface area contributed by atoms with Gasteiger partial charge in [-0.25, -0.2) is 4.89 Å². The van der Waals surface area contributed by atoms with Gasteiger partial charge in [0.15, 0.2) is 0 Å². The number of aliphatic carboxylic acids is 1. The number of unbranched alkanes of at least 4 members (excludes halogenated alkanes) is 7. The molecule has 0 aliphatic carbocycles. The van der Waals surface area contributed by atoms with Gasteiger partial charge in [-0.2, -0.15) is 0 Å². The second-order valence-electron chi connectivity index (χ2n) is 5.65. The zero-order valence-corrected chi connectivity index (χ0v) is 13.9. The molecular formula is C18H32O4. The van der Waals surface area contributed by atoms with E-state index in [4.69, 9.17) is 10.4 Å². The first-order chi connectivity index (χ1) is 10.7. The quantitative estimate of drug-likeness (QED) is 0.185. The van der Waals surface area contributed by atoms with Crippen molar-refractivity contribution in [3.63, 3.8) is 0 Å². The van der Waals surface area contributed by atoms with Crippen molar-refractivity contribution in [1.82, 2.24) is 0 Å². The molecule has 2 N–H and O–H groups in total. The number of hydrogen-bond acceptors (Lipinski definition) is 3. The van der Waals surface area contributed by atoms with Crippen LogP contribution >= 0.6 is 0 Å². The van der Waals surface area contributed by atoms with Crippen LogP contribution in [-0.2, 0) is 9.68 Å². The Morgan fingerprint density at radius 2 is 1.77 bits per heavy atom. The van der Waals surface area contributed by atoms with Gasteiger partial charge in [0.05, 0.1) is 0 Å². The van der Waals surface area contributed by atoms with Crippen LogP contribution in [-0.4, -0.2) is 22.4 Å². The first-order valence-electron chi connectivity index (χ1n) is 8.56. The average molecular weight is 312 g/mol. The highest BCUT2D eigenvalue weighted by Gasteiger charge is 2.03. The Bertz CT molecular complexity index is 310. The van der Waals surface area contributed by atoms with Crippen LogP contribution in [0.2, 0.25) is 0 Å². The number of allylic oxidation sites excluding steroid dienone is 3. The maximum atomic E-state index is 10.4. The lowest BCUT2D eigenvalue weighted by molar-refractivity contribution is -0.267. The summed E-state index contributed by atoms with van der Waals surface area (Å²) in [5.41, 5.74) is 0. The molecule has 0 aliphatic rings. The van der Waals surface area contributed by atoms with E-state index in [9.17, 15) is 4.79 Å². The van der Waals surface area contributed by atoms with Crippen molar-refractivity contribution in [2.45, 2.75) is 83.7 Å². The third kappa shape index (κ3) is 15.3. The van der Waals surface area contributed by atoms with Gasteiger partial charge in [-0.1, -0.05) is 69.8 Å². The maximum absolute atomic E-state index is 10.4. The fourth-order valence-corrected chi connectivity index (χ4v) is 2.21. The Labute approximate surface area is 134 Å². The minimum absolute atomic E-state index is 0.251. The van der Waals surface area contributed by atoms with Crippen LogP contribution in [0, 0.1) is 0 Å². The summed E-state index contributed by atoms with van der Waals surface area (Å²) in [6, 6.07) is 0. The molecule has 0 heterocycles. The van der Waals surface area contributed by atoms with Crippen molar-refractivity contribution >= 4 is 5.97 Å². The predicted molar refractivity (Wildman–Crippen MR) is 89.9 cm³/mol. The van der Waals surface area contributed by atoms with Gasteiger partial charge in [0.25, 0.3) is 0 Å². The normalized spacial score (nSPS) is 13.2. The lowest BCUT2D eigenvalue weighted by Crippen LogP contribution is -2.06. The van der Waals surface area contributed by atoms with Gasteiger partial charge in [0.2, 0.25) is 0 Å². The molecule has 0 aliphatic heterocycles. The Balaban J connectivity index is 3.59. The summed E-state index contributed by atoms with van der Waals surface area (Å²) in [5.74, 6) is -0.721. The SMILES string of the molecule is CCCCC/C=C/C=C/C(CCCCCCCC(=O)O)OO. The Hall–Kier alpha value is -1.13. The molecule has 0 aromatic rings. The minimum Gasteiger partial charge on any atom is -0.481 e. The molecule has 0 radical (unpaired) electrons. The van der Waals surface area contributed by atoms with E-state index in [0.717, 1.165) is 44.9 Å². The molecule has 128 valence electrons. The number of carboxylic acid groups (broad SMARTS) is 1. The van der Waals surface area contributed by atoms with Crippen LogP contribution in [0.1, 0.15) is 77.6 Å². The van der Waals surface area contributed by atoms with Gasteiger partial charge < -0.3 is 5.11 Å². The molecule has 0 aromatic carbocycles. The minimum atomic E-state index is -0.721. The number of carbonyl (C=O) groups is 1. The zero-order chi connectivity index (χ0) is 16.5. The summed E-state index contributed by atoms with van der Waals surface area (Å²) in [4.78, 5) is 14.8. The highest BCUT2D eigenvalue weighted by molar-refractivity contribution is 5.66. The smallest absolute Gasteiger partial charge is 0.303 e. The molecular weight excluding hydrogens is 280 g/mol. The van der Waals surface area contributed by atoms with Crippen LogP contribution in [0.15, 0.2) is 24.3 Å². The topological polar surface area (TPSA) is 66.8 Å². The van der Waals surface area contributed by atoms with Crippen LogP contribution in [0.25, 0.3) is 0 Å². The third-order valence-corrected chi connectivity index (χ3v) is 3.56. The van der Waals surface area contributed by atoms with Crippen molar-refractivity contribution in [3.8, 4) is 0 Å². The van der Waals surface area contributed by atoms with Gasteiger partial charge in [-0.3, -0.25) is 10.1 Å². The summed E-state index contributed by atoms with van der Waals surface area (Å²) < 4.78 is 0.